The molecule has 1 fully saturated rings. The molecule has 2 aliphatic carbocycles. The highest BCUT2D eigenvalue weighted by molar-refractivity contribution is 14.1. The predicted octanol–water partition coefficient (Wildman–Crippen LogP) is 2.46. The largest absolute Gasteiger partial charge is 0.493 e. The normalized spacial score (nSPS) is 22.4. The summed E-state index contributed by atoms with van der Waals surface area (Å²) in [5.74, 6) is 0.463. The molecule has 0 aliphatic heterocycles. The van der Waals surface area contributed by atoms with Gasteiger partial charge in [0.05, 0.1) is 23.3 Å². The van der Waals surface area contributed by atoms with Gasteiger partial charge in [0.15, 0.2) is 11.5 Å². The lowest BCUT2D eigenvalue weighted by atomic mass is 9.85. The van der Waals surface area contributed by atoms with E-state index in [1.165, 1.54) is 20.5 Å². The van der Waals surface area contributed by atoms with Crippen molar-refractivity contribution in [2.45, 2.75) is 63.7 Å². The van der Waals surface area contributed by atoms with Gasteiger partial charge in [-0.25, -0.2) is 0 Å². The second-order valence-electron chi connectivity index (χ2n) is 9.34. The van der Waals surface area contributed by atoms with Gasteiger partial charge in [-0.1, -0.05) is 19.3 Å². The Labute approximate surface area is 225 Å². The third-order valence-corrected chi connectivity index (χ3v) is 7.64. The van der Waals surface area contributed by atoms with Crippen molar-refractivity contribution in [1.29, 1.82) is 0 Å². The van der Waals surface area contributed by atoms with E-state index in [2.05, 4.69) is 5.32 Å². The first-order valence-electron chi connectivity index (χ1n) is 12.3. The number of aliphatic hydroxyl groups excluding tert-OH is 2. The molecule has 3 N–H and O–H groups in total. The van der Waals surface area contributed by atoms with Crippen molar-refractivity contribution in [3.63, 3.8) is 0 Å². The molecule has 2 aliphatic rings. The van der Waals surface area contributed by atoms with Gasteiger partial charge in [0, 0.05) is 37.6 Å². The van der Waals surface area contributed by atoms with E-state index >= 15 is 0 Å². The van der Waals surface area contributed by atoms with E-state index in [4.69, 9.17) is 14.6 Å². The minimum Gasteiger partial charge on any atom is -0.493 e. The van der Waals surface area contributed by atoms with Gasteiger partial charge in [0.2, 0.25) is 11.8 Å². The molecule has 198 valence electrons. The Balaban J connectivity index is 1.95. The fourth-order valence-electron chi connectivity index (χ4n) is 4.98. The molecule has 3 atom stereocenters. The lowest BCUT2D eigenvalue weighted by Crippen LogP contribution is -2.55. The van der Waals surface area contributed by atoms with Crippen LogP contribution in [0.3, 0.4) is 0 Å². The quantitative estimate of drug-likeness (QED) is 0.273. The smallest absolute Gasteiger partial charge is 0.247 e. The van der Waals surface area contributed by atoms with Crippen molar-refractivity contribution in [2.24, 2.45) is 5.92 Å². The number of nitrogens with one attached hydrogen (secondary N) is 1. The zero-order valence-electron chi connectivity index (χ0n) is 20.7. The highest BCUT2D eigenvalue weighted by Crippen LogP contribution is 2.37. The average Bonchev–Trinajstić information content (AvgIpc) is 2.88. The Kier molecular flexibility index (Phi) is 10.6. The van der Waals surface area contributed by atoms with Crippen LogP contribution in [0.2, 0.25) is 0 Å². The summed E-state index contributed by atoms with van der Waals surface area (Å²) in [6.07, 6.45) is 5.90. The minimum absolute atomic E-state index is 0.0896. The molecule has 0 spiro atoms. The maximum Gasteiger partial charge on any atom is 0.247 e. The Morgan fingerprint density at radius 2 is 1.97 bits per heavy atom. The van der Waals surface area contributed by atoms with Crippen LogP contribution < -0.4 is 14.8 Å². The van der Waals surface area contributed by atoms with E-state index in [0.717, 1.165) is 25.7 Å². The van der Waals surface area contributed by atoms with Gasteiger partial charge in [-0.05, 0) is 59.6 Å². The van der Waals surface area contributed by atoms with Gasteiger partial charge in [-0.15, -0.1) is 0 Å². The molecule has 0 unspecified atom stereocenters. The van der Waals surface area contributed by atoms with Gasteiger partial charge >= 0.3 is 0 Å². The van der Waals surface area contributed by atoms with Crippen molar-refractivity contribution in [2.75, 3.05) is 26.8 Å². The third kappa shape index (κ3) is 6.98. The first-order valence-corrected chi connectivity index (χ1v) is 13.4. The first-order chi connectivity index (χ1) is 17.3. The van der Waals surface area contributed by atoms with Gasteiger partial charge in [0.25, 0.3) is 0 Å². The molecular formula is C26H35IN2O7. The third-order valence-electron chi connectivity index (χ3n) is 6.84. The van der Waals surface area contributed by atoms with Gasteiger partial charge in [0.1, 0.15) is 18.5 Å². The molecule has 1 aromatic carbocycles. The maximum absolute atomic E-state index is 12.9. The highest BCUT2D eigenvalue weighted by atomic mass is 127. The molecule has 2 amide bonds. The number of amides is 2. The first kappa shape index (κ1) is 28.4. The highest BCUT2D eigenvalue weighted by Gasteiger charge is 2.41. The Morgan fingerprint density at radius 3 is 2.58 bits per heavy atom. The summed E-state index contributed by atoms with van der Waals surface area (Å²) in [7, 11) is 1.46. The van der Waals surface area contributed by atoms with E-state index in [1.807, 2.05) is 22.6 Å². The fraction of sp³-hybridized carbons (Fsp3) is 0.577. The number of carbonyl (C=O) groups excluding carboxylic acids is 3. The van der Waals surface area contributed by atoms with Crippen molar-refractivity contribution in [3.8, 4) is 11.5 Å². The van der Waals surface area contributed by atoms with Gasteiger partial charge in [-0.3, -0.25) is 14.4 Å². The monoisotopic (exact) mass is 614 g/mol. The number of hydrogen-bond acceptors (Lipinski definition) is 7. The molecule has 0 heterocycles. The zero-order chi connectivity index (χ0) is 26.2. The molecule has 36 heavy (non-hydrogen) atoms. The number of nitrogens with zero attached hydrogens (tertiary/aromatic N) is 1. The van der Waals surface area contributed by atoms with Crippen molar-refractivity contribution in [1.82, 2.24) is 10.2 Å². The second kappa shape index (κ2) is 13.4. The lowest BCUT2D eigenvalue weighted by molar-refractivity contribution is -0.137. The molecule has 0 aromatic heterocycles. The molecule has 0 saturated heterocycles. The van der Waals surface area contributed by atoms with Gasteiger partial charge < -0.3 is 29.9 Å². The summed E-state index contributed by atoms with van der Waals surface area (Å²) in [6, 6.07) is 2.52. The molecule has 10 heteroatoms. The van der Waals surface area contributed by atoms with Crippen molar-refractivity contribution >= 4 is 40.7 Å². The number of halogens is 1. The molecule has 9 nitrogen and oxygen atoms in total. The Bertz CT molecular complexity index is 977. The Hall–Kier alpha value is -2.18. The second-order valence-corrected chi connectivity index (χ2v) is 10.5. The van der Waals surface area contributed by atoms with E-state index in [-0.39, 0.29) is 31.4 Å². The molecule has 3 rings (SSSR count). The number of methoxy groups -OCH3 is 1. The number of ether oxygens (including phenoxy) is 2. The number of hydrogen-bond donors (Lipinski definition) is 3. The molecular weight excluding hydrogens is 579 g/mol. The number of rotatable bonds is 10. The number of aliphatic hydroxyl groups is 2. The SMILES string of the molecule is COc1cc(C=O)cc(I)c1O[C@H]1C=C(C(=O)NCCO)C[C@@H](N(CC2CCCCC2)C(C)=O)[C@@H]1O. The summed E-state index contributed by atoms with van der Waals surface area (Å²) >= 11 is 2.03. The van der Waals surface area contributed by atoms with E-state index in [0.29, 0.717) is 45.0 Å². The summed E-state index contributed by atoms with van der Waals surface area (Å²) in [6.45, 7) is 1.89. The van der Waals surface area contributed by atoms with Crippen LogP contribution in [0.1, 0.15) is 55.8 Å². The van der Waals surface area contributed by atoms with Crippen LogP contribution in [0.25, 0.3) is 0 Å². The van der Waals surface area contributed by atoms with Crippen LogP contribution >= 0.6 is 22.6 Å². The maximum atomic E-state index is 12.9. The summed E-state index contributed by atoms with van der Waals surface area (Å²) in [5.41, 5.74) is 0.789. The molecule has 0 bridgehead atoms. The minimum atomic E-state index is -1.10. The number of carbonyl (C=O) groups is 3. The number of aldehydes is 1. The van der Waals surface area contributed by atoms with E-state index in [9.17, 15) is 19.5 Å². The van der Waals surface area contributed by atoms with E-state index in [1.54, 1.807) is 23.1 Å². The molecule has 1 aromatic rings. The van der Waals surface area contributed by atoms with Crippen molar-refractivity contribution < 1.29 is 34.1 Å². The fourth-order valence-corrected chi connectivity index (χ4v) is 5.74. The van der Waals surface area contributed by atoms with E-state index < -0.39 is 18.2 Å². The molecule has 0 radical (unpaired) electrons. The van der Waals surface area contributed by atoms with Crippen LogP contribution in [-0.2, 0) is 9.59 Å². The zero-order valence-corrected chi connectivity index (χ0v) is 22.9. The topological polar surface area (TPSA) is 125 Å². The molecule has 1 saturated carbocycles. The predicted molar refractivity (Wildman–Crippen MR) is 142 cm³/mol. The summed E-state index contributed by atoms with van der Waals surface area (Å²) < 4.78 is 12.2. The summed E-state index contributed by atoms with van der Waals surface area (Å²) in [5, 5.41) is 23.2. The average molecular weight is 614 g/mol. The summed E-state index contributed by atoms with van der Waals surface area (Å²) in [4.78, 5) is 38.6. The van der Waals surface area contributed by atoms with Crippen LogP contribution in [-0.4, -0.2) is 78.3 Å². The lowest BCUT2D eigenvalue weighted by Gasteiger charge is -2.42. The van der Waals surface area contributed by atoms with Crippen LogP contribution in [0.15, 0.2) is 23.8 Å². The van der Waals surface area contributed by atoms with Crippen LogP contribution in [0.4, 0.5) is 0 Å². The van der Waals surface area contributed by atoms with Crippen LogP contribution in [0, 0.1) is 9.49 Å². The van der Waals surface area contributed by atoms with Crippen molar-refractivity contribution in [3.05, 3.63) is 32.9 Å². The van der Waals surface area contributed by atoms with Crippen LogP contribution in [0.5, 0.6) is 11.5 Å². The Morgan fingerprint density at radius 1 is 1.25 bits per heavy atom. The van der Waals surface area contributed by atoms with Gasteiger partial charge in [-0.2, -0.15) is 0 Å². The standard InChI is InChI=1S/C26H35IN2O7/c1-16(32)29(14-17-6-4-3-5-7-17)21-12-19(26(34)28-8-9-30)13-22(24(21)33)36-25-20(27)10-18(15-31)11-23(25)35-2/h10-11,13,15,17,21-22,24,30,33H,3-9,12,14H2,1-2H3,(H,28,34)/t21-,22+,24+/m1/s1. The number of benzene rings is 1.